The first-order valence-corrected chi connectivity index (χ1v) is 29.0. The van der Waals surface area contributed by atoms with Crippen molar-refractivity contribution in [3.63, 3.8) is 0 Å². The fourth-order valence-corrected chi connectivity index (χ4v) is 9.18. The highest BCUT2D eigenvalue weighted by molar-refractivity contribution is 5.69. The maximum absolute atomic E-state index is 12.1. The van der Waals surface area contributed by atoms with Crippen LogP contribution in [-0.4, -0.2) is 25.2 Å². The zero-order chi connectivity index (χ0) is 44.8. The van der Waals surface area contributed by atoms with Crippen LogP contribution in [0, 0.1) is 0 Å². The Morgan fingerprint density at radius 3 is 0.532 bits per heavy atom. The van der Waals surface area contributed by atoms with Crippen LogP contribution < -0.4 is 0 Å². The maximum Gasteiger partial charge on any atom is 0.305 e. The summed E-state index contributed by atoms with van der Waals surface area (Å²) in [6, 6.07) is 0. The highest BCUT2D eigenvalue weighted by Gasteiger charge is 2.05. The normalized spacial score (nSPS) is 11.5. The molecule has 4 nitrogen and oxygen atoms in total. The van der Waals surface area contributed by atoms with Gasteiger partial charge in [-0.05, 0) is 25.7 Å². The van der Waals surface area contributed by atoms with Crippen molar-refractivity contribution < 1.29 is 19.1 Å². The van der Waals surface area contributed by atoms with Crippen LogP contribution in [-0.2, 0) is 19.1 Å². The Morgan fingerprint density at radius 2 is 0.355 bits per heavy atom. The zero-order valence-electron chi connectivity index (χ0n) is 42.8. The van der Waals surface area contributed by atoms with Crippen LogP contribution in [0.25, 0.3) is 0 Å². The molecule has 0 aromatic rings. The standard InChI is InChI=1S/C58H114O4/c1-3-5-7-9-11-13-15-17-19-21-23-25-27-29-31-33-35-37-39-43-47-51-55-61-57(59)53-49-45-41-42-46-50-54-58(60)62-56-52-48-44-40-38-36-34-32-30-28-26-24-22-20-18-16-14-12-10-8-6-4-2/h3-56H2,1-2H3. The molecule has 62 heavy (non-hydrogen) atoms. The van der Waals surface area contributed by atoms with Crippen molar-refractivity contribution in [2.24, 2.45) is 0 Å². The molecule has 0 radical (unpaired) electrons. The van der Waals surface area contributed by atoms with Crippen molar-refractivity contribution in [2.75, 3.05) is 13.2 Å². The van der Waals surface area contributed by atoms with Crippen molar-refractivity contribution in [1.29, 1.82) is 0 Å². The summed E-state index contributed by atoms with van der Waals surface area (Å²) < 4.78 is 11.0. The van der Waals surface area contributed by atoms with Gasteiger partial charge >= 0.3 is 11.9 Å². The number of esters is 2. The molecular formula is C58H114O4. The molecule has 0 aliphatic rings. The first-order chi connectivity index (χ1) is 30.7. The summed E-state index contributed by atoms with van der Waals surface area (Å²) in [6.07, 6.45) is 68.5. The smallest absolute Gasteiger partial charge is 0.305 e. The van der Waals surface area contributed by atoms with E-state index in [1.165, 1.54) is 270 Å². The van der Waals surface area contributed by atoms with Crippen molar-refractivity contribution in [3.8, 4) is 0 Å². The Hall–Kier alpha value is -1.06. The van der Waals surface area contributed by atoms with Gasteiger partial charge in [0.25, 0.3) is 0 Å². The van der Waals surface area contributed by atoms with Gasteiger partial charge in [-0.3, -0.25) is 9.59 Å². The Labute approximate surface area is 390 Å². The molecule has 0 aliphatic heterocycles. The first-order valence-electron chi connectivity index (χ1n) is 29.0. The molecular weight excluding hydrogens is 761 g/mol. The van der Waals surface area contributed by atoms with E-state index < -0.39 is 0 Å². The molecule has 0 spiro atoms. The minimum absolute atomic E-state index is 0.0261. The predicted molar refractivity (Wildman–Crippen MR) is 273 cm³/mol. The van der Waals surface area contributed by atoms with E-state index in [9.17, 15) is 9.59 Å². The van der Waals surface area contributed by atoms with Gasteiger partial charge in [-0.15, -0.1) is 0 Å². The van der Waals surface area contributed by atoms with Gasteiger partial charge in [0.1, 0.15) is 0 Å². The van der Waals surface area contributed by atoms with Crippen LogP contribution in [0.5, 0.6) is 0 Å². The molecule has 0 saturated carbocycles. The Morgan fingerprint density at radius 1 is 0.210 bits per heavy atom. The Kier molecular flexibility index (Phi) is 55.1. The summed E-state index contributed by atoms with van der Waals surface area (Å²) in [5.41, 5.74) is 0. The predicted octanol–water partition coefficient (Wildman–Crippen LogP) is 20.4. The lowest BCUT2D eigenvalue weighted by Crippen LogP contribution is -2.06. The van der Waals surface area contributed by atoms with E-state index in [1.807, 2.05) is 0 Å². The fraction of sp³-hybridized carbons (Fsp3) is 0.966. The van der Waals surface area contributed by atoms with Gasteiger partial charge in [0.15, 0.2) is 0 Å². The average Bonchev–Trinajstić information content (AvgIpc) is 3.27. The molecule has 0 amide bonds. The summed E-state index contributed by atoms with van der Waals surface area (Å²) >= 11 is 0. The summed E-state index contributed by atoms with van der Waals surface area (Å²) in [7, 11) is 0. The number of carbonyl (C=O) groups is 2. The highest BCUT2D eigenvalue weighted by atomic mass is 16.5. The number of ether oxygens (including phenoxy) is 2. The minimum atomic E-state index is -0.0261. The van der Waals surface area contributed by atoms with E-state index in [1.54, 1.807) is 0 Å². The zero-order valence-corrected chi connectivity index (χ0v) is 42.8. The second-order valence-electron chi connectivity index (χ2n) is 19.9. The monoisotopic (exact) mass is 875 g/mol. The van der Waals surface area contributed by atoms with Crippen molar-refractivity contribution in [3.05, 3.63) is 0 Å². The van der Waals surface area contributed by atoms with Crippen LogP contribution in [0.1, 0.15) is 348 Å². The van der Waals surface area contributed by atoms with Crippen molar-refractivity contribution in [1.82, 2.24) is 0 Å². The van der Waals surface area contributed by atoms with Crippen molar-refractivity contribution in [2.45, 2.75) is 348 Å². The largest absolute Gasteiger partial charge is 0.466 e. The van der Waals surface area contributed by atoms with Crippen LogP contribution in [0.3, 0.4) is 0 Å². The van der Waals surface area contributed by atoms with E-state index in [0.29, 0.717) is 26.1 Å². The van der Waals surface area contributed by atoms with Gasteiger partial charge in [0, 0.05) is 12.8 Å². The molecule has 0 aromatic carbocycles. The van der Waals surface area contributed by atoms with Gasteiger partial charge < -0.3 is 9.47 Å². The van der Waals surface area contributed by atoms with Crippen LogP contribution in [0.15, 0.2) is 0 Å². The van der Waals surface area contributed by atoms with Gasteiger partial charge in [-0.2, -0.15) is 0 Å². The molecule has 0 heterocycles. The fourth-order valence-electron chi connectivity index (χ4n) is 9.18. The molecule has 0 unspecified atom stereocenters. The molecule has 0 rings (SSSR count). The second-order valence-corrected chi connectivity index (χ2v) is 19.9. The van der Waals surface area contributed by atoms with Gasteiger partial charge in [-0.25, -0.2) is 0 Å². The lowest BCUT2D eigenvalue weighted by molar-refractivity contribution is -0.144. The van der Waals surface area contributed by atoms with Crippen LogP contribution >= 0.6 is 0 Å². The Balaban J connectivity index is 3.22. The van der Waals surface area contributed by atoms with Gasteiger partial charge in [-0.1, -0.05) is 309 Å². The molecule has 0 atom stereocenters. The average molecular weight is 876 g/mol. The van der Waals surface area contributed by atoms with Crippen LogP contribution in [0.2, 0.25) is 0 Å². The Bertz CT molecular complexity index is 773. The molecule has 0 aromatic heterocycles. The van der Waals surface area contributed by atoms with E-state index in [4.69, 9.17) is 9.47 Å². The first kappa shape index (κ1) is 60.9. The summed E-state index contributed by atoms with van der Waals surface area (Å²) in [5.74, 6) is -0.0522. The lowest BCUT2D eigenvalue weighted by atomic mass is 10.0. The number of hydrogen-bond donors (Lipinski definition) is 0. The summed E-state index contributed by atoms with van der Waals surface area (Å²) in [5, 5.41) is 0. The summed E-state index contributed by atoms with van der Waals surface area (Å²) in [4.78, 5) is 24.2. The molecule has 0 aliphatic carbocycles. The third kappa shape index (κ3) is 55.1. The van der Waals surface area contributed by atoms with Crippen LogP contribution in [0.4, 0.5) is 0 Å². The second kappa shape index (κ2) is 56.1. The number of rotatable bonds is 55. The topological polar surface area (TPSA) is 52.6 Å². The molecule has 0 bridgehead atoms. The number of unbranched alkanes of at least 4 members (excludes halogenated alkanes) is 47. The maximum atomic E-state index is 12.1. The van der Waals surface area contributed by atoms with E-state index in [-0.39, 0.29) is 11.9 Å². The van der Waals surface area contributed by atoms with Gasteiger partial charge in [0.2, 0.25) is 0 Å². The number of hydrogen-bond acceptors (Lipinski definition) is 4. The number of carbonyl (C=O) groups excluding carboxylic acids is 2. The molecule has 0 N–H and O–H groups in total. The quantitative estimate of drug-likeness (QED) is 0.0451. The van der Waals surface area contributed by atoms with E-state index in [2.05, 4.69) is 13.8 Å². The van der Waals surface area contributed by atoms with Crippen molar-refractivity contribution >= 4 is 11.9 Å². The lowest BCUT2D eigenvalue weighted by Gasteiger charge is -2.06. The molecule has 0 fully saturated rings. The molecule has 4 heteroatoms. The molecule has 0 saturated heterocycles. The minimum Gasteiger partial charge on any atom is -0.466 e. The van der Waals surface area contributed by atoms with E-state index >= 15 is 0 Å². The summed E-state index contributed by atoms with van der Waals surface area (Å²) in [6.45, 7) is 5.78. The third-order valence-electron chi connectivity index (χ3n) is 13.5. The van der Waals surface area contributed by atoms with E-state index in [0.717, 1.165) is 51.4 Å². The third-order valence-corrected chi connectivity index (χ3v) is 13.5. The molecule has 370 valence electrons. The van der Waals surface area contributed by atoms with Gasteiger partial charge in [0.05, 0.1) is 13.2 Å². The SMILES string of the molecule is CCCCCCCCCCCCCCCCCCCCCCCCOC(=O)CCCCCCCCC(=O)OCCCCCCCCCCCCCCCCCCCCCCCC. The highest BCUT2D eigenvalue weighted by Crippen LogP contribution is 2.18.